The summed E-state index contributed by atoms with van der Waals surface area (Å²) in [5.41, 5.74) is 0.162. The van der Waals surface area contributed by atoms with E-state index in [1.165, 1.54) is 4.90 Å². The summed E-state index contributed by atoms with van der Waals surface area (Å²) in [6.45, 7) is 6.34. The van der Waals surface area contributed by atoms with E-state index >= 15 is 0 Å². The van der Waals surface area contributed by atoms with Crippen molar-refractivity contribution in [3.05, 3.63) is 11.9 Å². The molecule has 4 heteroatoms. The van der Waals surface area contributed by atoms with Crippen LogP contribution in [-0.2, 0) is 4.74 Å². The van der Waals surface area contributed by atoms with E-state index in [1.807, 2.05) is 20.8 Å². The first kappa shape index (κ1) is 11.0. The third-order valence-corrected chi connectivity index (χ3v) is 1.90. The summed E-state index contributed by atoms with van der Waals surface area (Å²) in [6.07, 6.45) is 0.814. The van der Waals surface area contributed by atoms with Crippen molar-refractivity contribution in [3.63, 3.8) is 0 Å². The van der Waals surface area contributed by atoms with E-state index < -0.39 is 5.60 Å². The predicted molar refractivity (Wildman–Crippen MR) is 51.6 cm³/mol. The minimum Gasteiger partial charge on any atom is -0.444 e. The molecule has 1 aliphatic heterocycles. The van der Waals surface area contributed by atoms with Gasteiger partial charge >= 0.3 is 6.09 Å². The third-order valence-electron chi connectivity index (χ3n) is 1.90. The summed E-state index contributed by atoms with van der Waals surface area (Å²) in [5.74, 6) is 0. The summed E-state index contributed by atoms with van der Waals surface area (Å²) in [4.78, 5) is 13.0. The van der Waals surface area contributed by atoms with E-state index in [4.69, 9.17) is 4.74 Å². The molecule has 1 saturated heterocycles. The molecule has 0 unspecified atom stereocenters. The molecule has 0 atom stereocenters. The van der Waals surface area contributed by atoms with Gasteiger partial charge in [0.1, 0.15) is 5.60 Å². The van der Waals surface area contributed by atoms with E-state index in [-0.39, 0.29) is 6.09 Å². The Morgan fingerprint density at radius 1 is 1.57 bits per heavy atom. The van der Waals surface area contributed by atoms with Crippen LogP contribution in [0.4, 0.5) is 9.18 Å². The Bertz CT molecular complexity index is 255. The number of carbonyl (C=O) groups excluding carboxylic acids is 1. The van der Waals surface area contributed by atoms with Gasteiger partial charge in [-0.15, -0.1) is 0 Å². The Kier molecular flexibility index (Phi) is 3.13. The average molecular weight is 201 g/mol. The molecule has 3 nitrogen and oxygen atoms in total. The summed E-state index contributed by atoms with van der Waals surface area (Å²) >= 11 is 0. The molecule has 1 heterocycles. The molecule has 0 aromatic heterocycles. The standard InChI is InChI=1S/C10H16FNO2/c1-10(2,3)14-9(13)12-5-4-8(6-11)7-12/h6H,4-5,7H2,1-3H3. The Hall–Kier alpha value is -1.06. The number of halogens is 1. The normalized spacial score (nSPS) is 20.3. The SMILES string of the molecule is CC(C)(C)OC(=O)N1CCC(=CF)C1. The summed E-state index contributed by atoms with van der Waals surface area (Å²) in [6, 6.07) is 0. The molecule has 0 aromatic carbocycles. The van der Waals surface area contributed by atoms with Crippen LogP contribution in [0.3, 0.4) is 0 Å². The van der Waals surface area contributed by atoms with Gasteiger partial charge in [-0.05, 0) is 32.8 Å². The van der Waals surface area contributed by atoms with Gasteiger partial charge in [-0.1, -0.05) is 0 Å². The topological polar surface area (TPSA) is 29.5 Å². The highest BCUT2D eigenvalue weighted by molar-refractivity contribution is 5.69. The first-order valence-electron chi connectivity index (χ1n) is 4.68. The van der Waals surface area contributed by atoms with Crippen molar-refractivity contribution in [3.8, 4) is 0 Å². The second-order valence-corrected chi connectivity index (χ2v) is 4.42. The zero-order chi connectivity index (χ0) is 10.8. The molecule has 1 rings (SSSR count). The molecule has 0 aromatic rings. The molecule has 1 fully saturated rings. The van der Waals surface area contributed by atoms with Crippen LogP contribution in [0.5, 0.6) is 0 Å². The minimum absolute atomic E-state index is 0.353. The monoisotopic (exact) mass is 201 g/mol. The number of rotatable bonds is 0. The van der Waals surface area contributed by atoms with Crippen molar-refractivity contribution in [1.82, 2.24) is 4.90 Å². The molecule has 0 spiro atoms. The van der Waals surface area contributed by atoms with Gasteiger partial charge in [0.25, 0.3) is 0 Å². The zero-order valence-corrected chi connectivity index (χ0v) is 8.84. The number of hydrogen-bond acceptors (Lipinski definition) is 2. The van der Waals surface area contributed by atoms with Gasteiger partial charge in [0.2, 0.25) is 0 Å². The second kappa shape index (κ2) is 3.98. The first-order chi connectivity index (χ1) is 6.42. The van der Waals surface area contributed by atoms with Crippen molar-refractivity contribution in [2.75, 3.05) is 13.1 Å². The quantitative estimate of drug-likeness (QED) is 0.602. The molecule has 1 aliphatic rings. The number of likely N-dealkylation sites (tertiary alicyclic amines) is 1. The number of amides is 1. The molecule has 0 aliphatic carbocycles. The Morgan fingerprint density at radius 2 is 2.21 bits per heavy atom. The Labute approximate surface area is 83.5 Å². The lowest BCUT2D eigenvalue weighted by Crippen LogP contribution is -2.34. The van der Waals surface area contributed by atoms with Crippen LogP contribution in [0.15, 0.2) is 11.9 Å². The van der Waals surface area contributed by atoms with Crippen molar-refractivity contribution >= 4 is 6.09 Å². The van der Waals surface area contributed by atoms with E-state index in [2.05, 4.69) is 0 Å². The maximum absolute atomic E-state index is 12.1. The van der Waals surface area contributed by atoms with Gasteiger partial charge in [0, 0.05) is 13.1 Å². The van der Waals surface area contributed by atoms with Crippen molar-refractivity contribution < 1.29 is 13.9 Å². The van der Waals surface area contributed by atoms with Gasteiger partial charge in [-0.25, -0.2) is 9.18 Å². The molecular weight excluding hydrogens is 185 g/mol. The van der Waals surface area contributed by atoms with E-state index in [0.717, 1.165) is 0 Å². The fourth-order valence-electron chi connectivity index (χ4n) is 1.25. The van der Waals surface area contributed by atoms with Crippen LogP contribution in [0.25, 0.3) is 0 Å². The fourth-order valence-corrected chi connectivity index (χ4v) is 1.25. The second-order valence-electron chi connectivity index (χ2n) is 4.42. The molecule has 0 bridgehead atoms. The van der Waals surface area contributed by atoms with E-state index in [1.54, 1.807) is 0 Å². The fraction of sp³-hybridized carbons (Fsp3) is 0.700. The predicted octanol–water partition coefficient (Wildman–Crippen LogP) is 2.48. The van der Waals surface area contributed by atoms with Crippen molar-refractivity contribution in [1.29, 1.82) is 0 Å². The average Bonchev–Trinajstić information content (AvgIpc) is 2.48. The molecule has 0 radical (unpaired) electrons. The molecule has 1 amide bonds. The molecule has 14 heavy (non-hydrogen) atoms. The smallest absolute Gasteiger partial charge is 0.410 e. The van der Waals surface area contributed by atoms with Crippen LogP contribution in [0, 0.1) is 0 Å². The van der Waals surface area contributed by atoms with Gasteiger partial charge in [0.05, 0.1) is 6.33 Å². The third kappa shape index (κ3) is 3.01. The Morgan fingerprint density at radius 3 is 2.64 bits per heavy atom. The van der Waals surface area contributed by atoms with Crippen LogP contribution in [0.2, 0.25) is 0 Å². The highest BCUT2D eigenvalue weighted by Gasteiger charge is 2.26. The van der Waals surface area contributed by atoms with Gasteiger partial charge < -0.3 is 9.64 Å². The molecular formula is C10H16FNO2. The summed E-state index contributed by atoms with van der Waals surface area (Å²) in [5, 5.41) is 0. The number of carbonyl (C=O) groups is 1. The lowest BCUT2D eigenvalue weighted by atomic mass is 10.2. The van der Waals surface area contributed by atoms with E-state index in [9.17, 15) is 9.18 Å². The lowest BCUT2D eigenvalue weighted by Gasteiger charge is -2.23. The Balaban J connectivity index is 2.48. The van der Waals surface area contributed by atoms with Gasteiger partial charge in [-0.2, -0.15) is 0 Å². The van der Waals surface area contributed by atoms with Crippen LogP contribution < -0.4 is 0 Å². The van der Waals surface area contributed by atoms with Crippen molar-refractivity contribution in [2.24, 2.45) is 0 Å². The maximum Gasteiger partial charge on any atom is 0.410 e. The molecule has 80 valence electrons. The van der Waals surface area contributed by atoms with Crippen LogP contribution >= 0.6 is 0 Å². The highest BCUT2D eigenvalue weighted by atomic mass is 19.1. The van der Waals surface area contributed by atoms with Crippen LogP contribution in [0.1, 0.15) is 27.2 Å². The minimum atomic E-state index is -0.487. The number of nitrogens with zero attached hydrogens (tertiary/aromatic N) is 1. The zero-order valence-electron chi connectivity index (χ0n) is 8.84. The van der Waals surface area contributed by atoms with E-state index in [0.29, 0.717) is 31.4 Å². The van der Waals surface area contributed by atoms with Crippen LogP contribution in [-0.4, -0.2) is 29.7 Å². The summed E-state index contributed by atoms with van der Waals surface area (Å²) in [7, 11) is 0. The number of ether oxygens (including phenoxy) is 1. The number of hydrogen-bond donors (Lipinski definition) is 0. The van der Waals surface area contributed by atoms with Gasteiger partial charge in [-0.3, -0.25) is 0 Å². The highest BCUT2D eigenvalue weighted by Crippen LogP contribution is 2.18. The summed E-state index contributed by atoms with van der Waals surface area (Å²) < 4.78 is 17.3. The maximum atomic E-state index is 12.1. The van der Waals surface area contributed by atoms with Crippen molar-refractivity contribution in [2.45, 2.75) is 32.8 Å². The lowest BCUT2D eigenvalue weighted by molar-refractivity contribution is 0.0299. The largest absolute Gasteiger partial charge is 0.444 e. The first-order valence-corrected chi connectivity index (χ1v) is 4.68. The van der Waals surface area contributed by atoms with Gasteiger partial charge in [0.15, 0.2) is 0 Å². The molecule has 0 saturated carbocycles. The molecule has 0 N–H and O–H groups in total.